The van der Waals surface area contributed by atoms with Crippen LogP contribution in [0.15, 0.2) is 41.1 Å². The smallest absolute Gasteiger partial charge is 0.292 e. The molecule has 1 heterocycles. The molecule has 0 aliphatic heterocycles. The van der Waals surface area contributed by atoms with Crippen molar-refractivity contribution >= 4 is 22.7 Å². The van der Waals surface area contributed by atoms with Crippen LogP contribution < -0.4 is 5.32 Å². The second-order valence-corrected chi connectivity index (χ2v) is 4.04. The lowest BCUT2D eigenvalue weighted by molar-refractivity contribution is -0.384. The molecule has 4 nitrogen and oxygen atoms in total. The van der Waals surface area contributed by atoms with Crippen LogP contribution in [0, 0.1) is 10.1 Å². The maximum Gasteiger partial charge on any atom is 0.292 e. The third-order valence-corrected chi connectivity index (χ3v) is 2.90. The molecule has 2 aromatic rings. The molecule has 1 aromatic carbocycles. The predicted molar refractivity (Wildman–Crippen MR) is 64.7 cm³/mol. The topological polar surface area (TPSA) is 55.2 Å². The Morgan fingerprint density at radius 1 is 1.31 bits per heavy atom. The number of nitro groups is 1. The maximum absolute atomic E-state index is 10.8. The molecule has 0 fully saturated rings. The summed E-state index contributed by atoms with van der Waals surface area (Å²) in [4.78, 5) is 10.4. The molecule has 0 spiro atoms. The Morgan fingerprint density at radius 3 is 2.81 bits per heavy atom. The fourth-order valence-corrected chi connectivity index (χ4v) is 2.04. The fraction of sp³-hybridized carbons (Fsp3) is 0.0909. The van der Waals surface area contributed by atoms with Crippen LogP contribution in [0.3, 0.4) is 0 Å². The minimum atomic E-state index is -0.379. The Bertz CT molecular complexity index is 482. The van der Waals surface area contributed by atoms with E-state index in [1.165, 1.54) is 6.07 Å². The Morgan fingerprint density at radius 2 is 2.12 bits per heavy atom. The highest BCUT2D eigenvalue weighted by atomic mass is 32.1. The first kappa shape index (κ1) is 10.6. The molecule has 1 N–H and O–H groups in total. The first-order valence-corrected chi connectivity index (χ1v) is 5.70. The van der Waals surface area contributed by atoms with Crippen LogP contribution in [0.4, 0.5) is 11.4 Å². The van der Waals surface area contributed by atoms with Crippen molar-refractivity contribution in [2.24, 2.45) is 0 Å². The summed E-state index contributed by atoms with van der Waals surface area (Å²) in [5, 5.41) is 17.8. The van der Waals surface area contributed by atoms with Crippen molar-refractivity contribution in [3.63, 3.8) is 0 Å². The highest BCUT2D eigenvalue weighted by Gasteiger charge is 2.11. The molecule has 0 bridgehead atoms. The van der Waals surface area contributed by atoms with Gasteiger partial charge in [0.05, 0.1) is 4.92 Å². The van der Waals surface area contributed by atoms with Crippen molar-refractivity contribution in [3.05, 3.63) is 56.8 Å². The van der Waals surface area contributed by atoms with E-state index in [0.29, 0.717) is 12.2 Å². The molecular weight excluding hydrogens is 224 g/mol. The highest BCUT2D eigenvalue weighted by Crippen LogP contribution is 2.23. The Labute approximate surface area is 96.7 Å². The molecule has 0 aliphatic rings. The number of benzene rings is 1. The van der Waals surface area contributed by atoms with Gasteiger partial charge in [0, 0.05) is 12.6 Å². The van der Waals surface area contributed by atoms with Gasteiger partial charge in [-0.1, -0.05) is 12.1 Å². The quantitative estimate of drug-likeness (QED) is 0.652. The van der Waals surface area contributed by atoms with Gasteiger partial charge in [-0.2, -0.15) is 11.3 Å². The van der Waals surface area contributed by atoms with Gasteiger partial charge in [-0.25, -0.2) is 0 Å². The molecule has 0 aliphatic carbocycles. The number of hydrogen-bond donors (Lipinski definition) is 1. The van der Waals surface area contributed by atoms with E-state index >= 15 is 0 Å². The number of rotatable bonds is 4. The average molecular weight is 234 g/mol. The van der Waals surface area contributed by atoms with Gasteiger partial charge in [-0.05, 0) is 28.5 Å². The lowest BCUT2D eigenvalue weighted by Gasteiger charge is -2.05. The molecule has 16 heavy (non-hydrogen) atoms. The number of nitrogens with zero attached hydrogens (tertiary/aromatic N) is 1. The van der Waals surface area contributed by atoms with Crippen LogP contribution in [0.1, 0.15) is 5.56 Å². The van der Waals surface area contributed by atoms with Crippen molar-refractivity contribution in [2.45, 2.75) is 6.54 Å². The van der Waals surface area contributed by atoms with E-state index in [0.717, 1.165) is 5.56 Å². The molecule has 0 unspecified atom stereocenters. The lowest BCUT2D eigenvalue weighted by atomic mass is 10.2. The van der Waals surface area contributed by atoms with Gasteiger partial charge in [0.2, 0.25) is 0 Å². The largest absolute Gasteiger partial charge is 0.375 e. The monoisotopic (exact) mass is 234 g/mol. The van der Waals surface area contributed by atoms with Crippen molar-refractivity contribution in [2.75, 3.05) is 5.32 Å². The summed E-state index contributed by atoms with van der Waals surface area (Å²) in [7, 11) is 0. The Kier molecular flexibility index (Phi) is 3.16. The summed E-state index contributed by atoms with van der Waals surface area (Å²) in [5.74, 6) is 0. The normalized spacial score (nSPS) is 10.0. The number of para-hydroxylation sites is 2. The second kappa shape index (κ2) is 4.76. The van der Waals surface area contributed by atoms with Crippen LogP contribution >= 0.6 is 11.3 Å². The molecule has 1 aromatic heterocycles. The molecule has 82 valence electrons. The average Bonchev–Trinajstić information content (AvgIpc) is 2.79. The van der Waals surface area contributed by atoms with Gasteiger partial charge in [0.1, 0.15) is 5.69 Å². The van der Waals surface area contributed by atoms with Gasteiger partial charge >= 0.3 is 0 Å². The first-order chi connectivity index (χ1) is 7.77. The molecule has 0 radical (unpaired) electrons. The summed E-state index contributed by atoms with van der Waals surface area (Å²) < 4.78 is 0. The standard InChI is InChI=1S/C11H10N2O2S/c14-13(15)11-4-2-1-3-10(11)12-7-9-5-6-16-8-9/h1-6,8,12H,7H2. The van der Waals surface area contributed by atoms with Gasteiger partial charge < -0.3 is 5.32 Å². The molecule has 0 amide bonds. The van der Waals surface area contributed by atoms with Gasteiger partial charge in [-0.15, -0.1) is 0 Å². The van der Waals surface area contributed by atoms with Crippen LogP contribution in [0.2, 0.25) is 0 Å². The predicted octanol–water partition coefficient (Wildman–Crippen LogP) is 3.27. The molecule has 0 atom stereocenters. The summed E-state index contributed by atoms with van der Waals surface area (Å²) >= 11 is 1.61. The van der Waals surface area contributed by atoms with Gasteiger partial charge in [0.25, 0.3) is 5.69 Å². The number of nitrogens with one attached hydrogen (secondary N) is 1. The highest BCUT2D eigenvalue weighted by molar-refractivity contribution is 7.07. The summed E-state index contributed by atoms with van der Waals surface area (Å²) in [5.41, 5.74) is 1.79. The third kappa shape index (κ3) is 2.38. The van der Waals surface area contributed by atoms with E-state index in [1.807, 2.05) is 16.8 Å². The zero-order valence-electron chi connectivity index (χ0n) is 8.42. The molecule has 0 saturated carbocycles. The summed E-state index contributed by atoms with van der Waals surface area (Å²) in [6.07, 6.45) is 0. The number of anilines is 1. The van der Waals surface area contributed by atoms with Crippen molar-refractivity contribution in [3.8, 4) is 0 Å². The summed E-state index contributed by atoms with van der Waals surface area (Å²) in [6, 6.07) is 8.64. The minimum absolute atomic E-state index is 0.109. The van der Waals surface area contributed by atoms with Crippen LogP contribution in [0.5, 0.6) is 0 Å². The van der Waals surface area contributed by atoms with Crippen molar-refractivity contribution < 1.29 is 4.92 Å². The molecular formula is C11H10N2O2S. The van der Waals surface area contributed by atoms with E-state index in [4.69, 9.17) is 0 Å². The number of hydrogen-bond acceptors (Lipinski definition) is 4. The number of nitro benzene ring substituents is 1. The zero-order chi connectivity index (χ0) is 11.4. The first-order valence-electron chi connectivity index (χ1n) is 4.76. The molecule has 2 rings (SSSR count). The van der Waals surface area contributed by atoms with Gasteiger partial charge in [-0.3, -0.25) is 10.1 Å². The fourth-order valence-electron chi connectivity index (χ4n) is 1.37. The van der Waals surface area contributed by atoms with E-state index in [1.54, 1.807) is 29.5 Å². The van der Waals surface area contributed by atoms with Crippen LogP contribution in [-0.4, -0.2) is 4.92 Å². The van der Waals surface area contributed by atoms with Gasteiger partial charge in [0.15, 0.2) is 0 Å². The number of thiophene rings is 1. The van der Waals surface area contributed by atoms with Crippen molar-refractivity contribution in [1.29, 1.82) is 0 Å². The maximum atomic E-state index is 10.8. The second-order valence-electron chi connectivity index (χ2n) is 3.26. The van der Waals surface area contributed by atoms with Crippen molar-refractivity contribution in [1.82, 2.24) is 0 Å². The van der Waals surface area contributed by atoms with E-state index in [2.05, 4.69) is 5.32 Å². The molecule has 5 heteroatoms. The van der Waals surface area contributed by atoms with E-state index < -0.39 is 0 Å². The summed E-state index contributed by atoms with van der Waals surface area (Å²) in [6.45, 7) is 0.606. The Hall–Kier alpha value is -1.88. The SMILES string of the molecule is O=[N+]([O-])c1ccccc1NCc1ccsc1. The van der Waals surface area contributed by atoms with Crippen LogP contribution in [0.25, 0.3) is 0 Å². The molecule has 0 saturated heterocycles. The zero-order valence-corrected chi connectivity index (χ0v) is 9.24. The third-order valence-electron chi connectivity index (χ3n) is 2.16. The van der Waals surface area contributed by atoms with E-state index in [9.17, 15) is 10.1 Å². The van der Waals surface area contributed by atoms with E-state index in [-0.39, 0.29) is 10.6 Å². The Balaban J connectivity index is 2.12. The minimum Gasteiger partial charge on any atom is -0.375 e. The van der Waals surface area contributed by atoms with Crippen LogP contribution in [-0.2, 0) is 6.54 Å². The lowest BCUT2D eigenvalue weighted by Crippen LogP contribution is -2.01.